The Bertz CT molecular complexity index is 1210. The van der Waals surface area contributed by atoms with Gasteiger partial charge in [0.25, 0.3) is 0 Å². The van der Waals surface area contributed by atoms with Crippen molar-refractivity contribution in [3.05, 3.63) is 65.7 Å². The molecule has 1 atom stereocenters. The van der Waals surface area contributed by atoms with Crippen molar-refractivity contribution in [1.29, 1.82) is 0 Å². The van der Waals surface area contributed by atoms with Gasteiger partial charge in [-0.05, 0) is 37.3 Å². The number of benzene rings is 2. The summed E-state index contributed by atoms with van der Waals surface area (Å²) in [5.74, 6) is 0.590. The lowest BCUT2D eigenvalue weighted by atomic mass is 10.1. The Morgan fingerprint density at radius 1 is 0.933 bits per heavy atom. The number of rotatable bonds is 6. The predicted octanol–water partition coefficient (Wildman–Crippen LogP) is 4.26. The smallest absolute Gasteiger partial charge is 0.188 e. The molecular formula is C21H19F2N5O2. The highest BCUT2D eigenvalue weighted by molar-refractivity contribution is 5.60. The molecule has 30 heavy (non-hydrogen) atoms. The van der Waals surface area contributed by atoms with Gasteiger partial charge in [0.15, 0.2) is 23.0 Å². The van der Waals surface area contributed by atoms with Crippen LogP contribution in [0.3, 0.4) is 0 Å². The fourth-order valence-electron chi connectivity index (χ4n) is 3.18. The van der Waals surface area contributed by atoms with Gasteiger partial charge in [0.1, 0.15) is 17.5 Å². The van der Waals surface area contributed by atoms with E-state index < -0.39 is 17.7 Å². The highest BCUT2D eigenvalue weighted by atomic mass is 19.1. The first-order valence-corrected chi connectivity index (χ1v) is 9.17. The van der Waals surface area contributed by atoms with E-state index in [1.807, 2.05) is 0 Å². The molecule has 154 valence electrons. The second kappa shape index (κ2) is 7.94. The third kappa shape index (κ3) is 3.49. The molecule has 0 bridgehead atoms. The van der Waals surface area contributed by atoms with Crippen LogP contribution in [0.15, 0.2) is 48.5 Å². The molecule has 2 aromatic carbocycles. The average Bonchev–Trinajstić information content (AvgIpc) is 3.16. The topological polar surface area (TPSA) is 73.6 Å². The average molecular weight is 411 g/mol. The zero-order valence-electron chi connectivity index (χ0n) is 16.6. The summed E-state index contributed by atoms with van der Waals surface area (Å²) in [6.45, 7) is 1.79. The van der Waals surface area contributed by atoms with Gasteiger partial charge in [0.05, 0.1) is 25.8 Å². The fraction of sp³-hybridized carbons (Fsp3) is 0.190. The van der Waals surface area contributed by atoms with Crippen molar-refractivity contribution >= 4 is 11.5 Å². The van der Waals surface area contributed by atoms with Crippen molar-refractivity contribution < 1.29 is 18.3 Å². The van der Waals surface area contributed by atoms with Crippen molar-refractivity contribution in [2.24, 2.45) is 0 Å². The van der Waals surface area contributed by atoms with Gasteiger partial charge < -0.3 is 14.8 Å². The lowest BCUT2D eigenvalue weighted by Gasteiger charge is -2.18. The lowest BCUT2D eigenvalue weighted by molar-refractivity contribution is 0.351. The summed E-state index contributed by atoms with van der Waals surface area (Å²) in [7, 11) is 2.94. The van der Waals surface area contributed by atoms with E-state index in [2.05, 4.69) is 20.6 Å². The van der Waals surface area contributed by atoms with Crippen LogP contribution in [0.1, 0.15) is 18.5 Å². The number of hydrogen-bond acceptors (Lipinski definition) is 6. The third-order valence-electron chi connectivity index (χ3n) is 4.71. The van der Waals surface area contributed by atoms with Crippen LogP contribution < -0.4 is 14.8 Å². The SMILES string of the molecule is COc1cc(F)c(C(C)Nc2ccc3nnc(-c4ccccc4F)n3n2)cc1OC. The summed E-state index contributed by atoms with van der Waals surface area (Å²) in [6, 6.07) is 12.1. The number of halogens is 2. The zero-order valence-corrected chi connectivity index (χ0v) is 16.6. The molecule has 0 radical (unpaired) electrons. The molecular weight excluding hydrogens is 392 g/mol. The molecule has 1 unspecified atom stereocenters. The number of nitrogens with one attached hydrogen (secondary N) is 1. The Kier molecular flexibility index (Phi) is 5.18. The largest absolute Gasteiger partial charge is 0.493 e. The predicted molar refractivity (Wildman–Crippen MR) is 108 cm³/mol. The molecule has 0 amide bonds. The zero-order chi connectivity index (χ0) is 21.3. The first-order valence-electron chi connectivity index (χ1n) is 9.17. The van der Waals surface area contributed by atoms with Gasteiger partial charge in [-0.15, -0.1) is 15.3 Å². The molecule has 0 spiro atoms. The van der Waals surface area contributed by atoms with Crippen LogP contribution in [-0.4, -0.2) is 34.0 Å². The highest BCUT2D eigenvalue weighted by Crippen LogP contribution is 2.33. The molecule has 4 rings (SSSR count). The summed E-state index contributed by atoms with van der Waals surface area (Å²) < 4.78 is 40.6. The fourth-order valence-corrected chi connectivity index (χ4v) is 3.18. The molecule has 0 aliphatic carbocycles. The number of anilines is 1. The van der Waals surface area contributed by atoms with Gasteiger partial charge in [0, 0.05) is 11.6 Å². The Balaban J connectivity index is 1.68. The van der Waals surface area contributed by atoms with Crippen LogP contribution >= 0.6 is 0 Å². The lowest BCUT2D eigenvalue weighted by Crippen LogP contribution is -2.12. The minimum atomic E-state index is -0.442. The second-order valence-corrected chi connectivity index (χ2v) is 6.59. The molecule has 9 heteroatoms. The standard InChI is InChI=1S/C21H19F2N5O2/c1-12(14-10-17(29-2)18(30-3)11-16(14)23)24-19-8-9-20-25-26-21(28(20)27-19)13-6-4-5-7-15(13)22/h4-12H,1-3H3,(H,24,27). The van der Waals surface area contributed by atoms with Crippen molar-refractivity contribution in [2.75, 3.05) is 19.5 Å². The van der Waals surface area contributed by atoms with E-state index in [9.17, 15) is 8.78 Å². The van der Waals surface area contributed by atoms with E-state index in [0.717, 1.165) is 0 Å². The van der Waals surface area contributed by atoms with E-state index in [-0.39, 0.29) is 11.4 Å². The summed E-state index contributed by atoms with van der Waals surface area (Å²) >= 11 is 0. The van der Waals surface area contributed by atoms with E-state index in [1.54, 1.807) is 43.3 Å². The molecule has 1 N–H and O–H groups in total. The number of ether oxygens (including phenoxy) is 2. The maximum atomic E-state index is 14.6. The number of aromatic nitrogens is 4. The molecule has 0 saturated heterocycles. The summed E-state index contributed by atoms with van der Waals surface area (Å²) in [5, 5.41) is 15.7. The van der Waals surface area contributed by atoms with E-state index >= 15 is 0 Å². The van der Waals surface area contributed by atoms with Crippen molar-refractivity contribution in [3.63, 3.8) is 0 Å². The minimum Gasteiger partial charge on any atom is -0.493 e. The van der Waals surface area contributed by atoms with E-state index in [4.69, 9.17) is 9.47 Å². The minimum absolute atomic E-state index is 0.275. The summed E-state index contributed by atoms with van der Waals surface area (Å²) in [6.07, 6.45) is 0. The van der Waals surface area contributed by atoms with E-state index in [1.165, 1.54) is 30.9 Å². The van der Waals surface area contributed by atoms with E-state index in [0.29, 0.717) is 28.5 Å². The van der Waals surface area contributed by atoms with Crippen LogP contribution in [0, 0.1) is 11.6 Å². The van der Waals surface area contributed by atoms with Crippen LogP contribution in [-0.2, 0) is 0 Å². The Morgan fingerprint density at radius 3 is 2.40 bits per heavy atom. The number of hydrogen-bond donors (Lipinski definition) is 1. The van der Waals surface area contributed by atoms with Crippen molar-refractivity contribution in [3.8, 4) is 22.9 Å². The third-order valence-corrected chi connectivity index (χ3v) is 4.71. The Morgan fingerprint density at radius 2 is 1.67 bits per heavy atom. The maximum Gasteiger partial charge on any atom is 0.188 e. The molecule has 0 aliphatic heterocycles. The van der Waals surface area contributed by atoms with Crippen molar-refractivity contribution in [2.45, 2.75) is 13.0 Å². The monoisotopic (exact) mass is 411 g/mol. The van der Waals surface area contributed by atoms with Crippen molar-refractivity contribution in [1.82, 2.24) is 19.8 Å². The molecule has 4 aromatic rings. The number of methoxy groups -OCH3 is 2. The van der Waals surface area contributed by atoms with Crippen LogP contribution in [0.2, 0.25) is 0 Å². The number of fused-ring (bicyclic) bond motifs is 1. The van der Waals surface area contributed by atoms with Gasteiger partial charge in [0.2, 0.25) is 0 Å². The highest BCUT2D eigenvalue weighted by Gasteiger charge is 2.18. The summed E-state index contributed by atoms with van der Waals surface area (Å²) in [5.41, 5.74) is 1.13. The van der Waals surface area contributed by atoms with Crippen LogP contribution in [0.5, 0.6) is 11.5 Å². The van der Waals surface area contributed by atoms with Crippen LogP contribution in [0.25, 0.3) is 17.0 Å². The summed E-state index contributed by atoms with van der Waals surface area (Å²) in [4.78, 5) is 0. The molecule has 0 saturated carbocycles. The molecule has 2 heterocycles. The first-order chi connectivity index (χ1) is 14.5. The van der Waals surface area contributed by atoms with Crippen LogP contribution in [0.4, 0.5) is 14.6 Å². The molecule has 0 fully saturated rings. The van der Waals surface area contributed by atoms with Gasteiger partial charge in [-0.1, -0.05) is 12.1 Å². The maximum absolute atomic E-state index is 14.6. The van der Waals surface area contributed by atoms with Gasteiger partial charge in [-0.25, -0.2) is 8.78 Å². The Hall–Kier alpha value is -3.75. The number of nitrogens with zero attached hydrogens (tertiary/aromatic N) is 4. The molecule has 0 aliphatic rings. The quantitative estimate of drug-likeness (QED) is 0.511. The second-order valence-electron chi connectivity index (χ2n) is 6.59. The molecule has 2 aromatic heterocycles. The first kappa shape index (κ1) is 19.6. The Labute approximate surface area is 171 Å². The molecule has 7 nitrogen and oxygen atoms in total. The normalized spacial score (nSPS) is 12.0. The van der Waals surface area contributed by atoms with Gasteiger partial charge >= 0.3 is 0 Å². The van der Waals surface area contributed by atoms with Gasteiger partial charge in [-0.2, -0.15) is 4.52 Å². The van der Waals surface area contributed by atoms with Gasteiger partial charge in [-0.3, -0.25) is 0 Å².